The van der Waals surface area contributed by atoms with Gasteiger partial charge in [0.05, 0.1) is 0 Å². The maximum absolute atomic E-state index is 13.7. The molecule has 2 nitrogen and oxygen atoms in total. The Morgan fingerprint density at radius 2 is 2.06 bits per heavy atom. The SMILES string of the molecule is CCC(C)(C)Oc1c(F)cccc1C(C)N. The molecule has 1 aromatic carbocycles. The van der Waals surface area contributed by atoms with Gasteiger partial charge < -0.3 is 10.5 Å². The Labute approximate surface area is 96.6 Å². The van der Waals surface area contributed by atoms with Gasteiger partial charge in [-0.25, -0.2) is 4.39 Å². The molecule has 0 spiro atoms. The molecule has 0 aliphatic rings. The van der Waals surface area contributed by atoms with Gasteiger partial charge in [-0.15, -0.1) is 0 Å². The van der Waals surface area contributed by atoms with Crippen LogP contribution in [0.15, 0.2) is 18.2 Å². The first-order valence-electron chi connectivity index (χ1n) is 5.60. The molecule has 0 bridgehead atoms. The van der Waals surface area contributed by atoms with Gasteiger partial charge >= 0.3 is 0 Å². The van der Waals surface area contributed by atoms with Crippen LogP contribution in [0.2, 0.25) is 0 Å². The molecule has 0 saturated carbocycles. The van der Waals surface area contributed by atoms with E-state index >= 15 is 0 Å². The molecule has 1 rings (SSSR count). The van der Waals surface area contributed by atoms with Crippen LogP contribution in [0.1, 0.15) is 45.7 Å². The summed E-state index contributed by atoms with van der Waals surface area (Å²) in [5, 5.41) is 0. The molecule has 0 aliphatic carbocycles. The number of ether oxygens (including phenoxy) is 1. The number of nitrogens with two attached hydrogens (primary N) is 1. The predicted octanol–water partition coefficient (Wildman–Crippen LogP) is 3.41. The summed E-state index contributed by atoms with van der Waals surface area (Å²) in [5.41, 5.74) is 6.12. The predicted molar refractivity (Wildman–Crippen MR) is 64.0 cm³/mol. The average molecular weight is 225 g/mol. The van der Waals surface area contributed by atoms with Gasteiger partial charge in [0.15, 0.2) is 11.6 Å². The van der Waals surface area contributed by atoms with Crippen molar-refractivity contribution in [1.82, 2.24) is 0 Å². The monoisotopic (exact) mass is 225 g/mol. The van der Waals surface area contributed by atoms with Crippen molar-refractivity contribution in [1.29, 1.82) is 0 Å². The normalized spacial score (nSPS) is 13.6. The van der Waals surface area contributed by atoms with E-state index in [9.17, 15) is 4.39 Å². The molecule has 0 heterocycles. The van der Waals surface area contributed by atoms with Crippen LogP contribution in [0.4, 0.5) is 4.39 Å². The lowest BCUT2D eigenvalue weighted by Crippen LogP contribution is -2.28. The summed E-state index contributed by atoms with van der Waals surface area (Å²) in [6, 6.07) is 4.61. The third kappa shape index (κ3) is 2.95. The van der Waals surface area contributed by atoms with Crippen LogP contribution in [0.3, 0.4) is 0 Å². The van der Waals surface area contributed by atoms with Crippen molar-refractivity contribution in [3.63, 3.8) is 0 Å². The maximum atomic E-state index is 13.7. The summed E-state index contributed by atoms with van der Waals surface area (Å²) in [5.74, 6) is -0.0688. The molecule has 0 aromatic heterocycles. The van der Waals surface area contributed by atoms with E-state index in [4.69, 9.17) is 10.5 Å². The van der Waals surface area contributed by atoms with Crippen molar-refractivity contribution in [2.75, 3.05) is 0 Å². The molecule has 3 heteroatoms. The van der Waals surface area contributed by atoms with Gasteiger partial charge in [-0.3, -0.25) is 0 Å². The molecule has 0 radical (unpaired) electrons. The lowest BCUT2D eigenvalue weighted by Gasteiger charge is -2.27. The van der Waals surface area contributed by atoms with Gasteiger partial charge in [-0.1, -0.05) is 19.1 Å². The molecule has 1 unspecified atom stereocenters. The lowest BCUT2D eigenvalue weighted by atomic mass is 10.0. The maximum Gasteiger partial charge on any atom is 0.165 e. The third-order valence-electron chi connectivity index (χ3n) is 2.72. The zero-order valence-electron chi connectivity index (χ0n) is 10.4. The largest absolute Gasteiger partial charge is 0.484 e. The van der Waals surface area contributed by atoms with Crippen molar-refractivity contribution in [3.05, 3.63) is 29.6 Å². The highest BCUT2D eigenvalue weighted by Gasteiger charge is 2.22. The fourth-order valence-corrected chi connectivity index (χ4v) is 1.34. The second kappa shape index (κ2) is 4.83. The van der Waals surface area contributed by atoms with E-state index < -0.39 is 0 Å². The fraction of sp³-hybridized carbons (Fsp3) is 0.538. The second-order valence-electron chi connectivity index (χ2n) is 4.66. The minimum Gasteiger partial charge on any atom is -0.484 e. The molecule has 0 saturated heterocycles. The van der Waals surface area contributed by atoms with Crippen LogP contribution in [-0.2, 0) is 0 Å². The number of hydrogen-bond acceptors (Lipinski definition) is 2. The number of benzene rings is 1. The van der Waals surface area contributed by atoms with E-state index in [2.05, 4.69) is 0 Å². The van der Waals surface area contributed by atoms with E-state index in [0.29, 0.717) is 5.56 Å². The third-order valence-corrected chi connectivity index (χ3v) is 2.72. The fourth-order valence-electron chi connectivity index (χ4n) is 1.34. The van der Waals surface area contributed by atoms with Crippen LogP contribution in [0.5, 0.6) is 5.75 Å². The summed E-state index contributed by atoms with van der Waals surface area (Å²) in [6.07, 6.45) is 0.805. The number of halogens is 1. The Morgan fingerprint density at radius 1 is 1.44 bits per heavy atom. The standard InChI is InChI=1S/C13H20FNO/c1-5-13(3,4)16-12-10(9(2)15)7-6-8-11(12)14/h6-9H,5,15H2,1-4H3. The van der Waals surface area contributed by atoms with Gasteiger partial charge in [0.2, 0.25) is 0 Å². The van der Waals surface area contributed by atoms with Crippen LogP contribution in [0, 0.1) is 5.82 Å². The summed E-state index contributed by atoms with van der Waals surface area (Å²) >= 11 is 0. The Bertz CT molecular complexity index is 361. The second-order valence-corrected chi connectivity index (χ2v) is 4.66. The first-order chi connectivity index (χ1) is 7.37. The molecule has 2 N–H and O–H groups in total. The smallest absolute Gasteiger partial charge is 0.165 e. The highest BCUT2D eigenvalue weighted by molar-refractivity contribution is 5.37. The molecule has 16 heavy (non-hydrogen) atoms. The summed E-state index contributed by atoms with van der Waals surface area (Å²) in [6.45, 7) is 7.70. The molecular formula is C13H20FNO. The minimum absolute atomic E-state index is 0.238. The Morgan fingerprint density at radius 3 is 2.56 bits per heavy atom. The van der Waals surface area contributed by atoms with Gasteiger partial charge in [0.1, 0.15) is 5.60 Å². The topological polar surface area (TPSA) is 35.2 Å². The van der Waals surface area contributed by atoms with Crippen molar-refractivity contribution in [2.45, 2.75) is 45.8 Å². The number of para-hydroxylation sites is 1. The van der Waals surface area contributed by atoms with Crippen molar-refractivity contribution in [2.24, 2.45) is 5.73 Å². The molecule has 0 fully saturated rings. The molecule has 1 aromatic rings. The van der Waals surface area contributed by atoms with E-state index in [1.165, 1.54) is 6.07 Å². The quantitative estimate of drug-likeness (QED) is 0.852. The van der Waals surface area contributed by atoms with Crippen LogP contribution in [0.25, 0.3) is 0 Å². The van der Waals surface area contributed by atoms with Crippen LogP contribution >= 0.6 is 0 Å². The highest BCUT2D eigenvalue weighted by atomic mass is 19.1. The van der Waals surface area contributed by atoms with Crippen molar-refractivity contribution in [3.8, 4) is 5.75 Å². The average Bonchev–Trinajstić information content (AvgIpc) is 2.20. The summed E-state index contributed by atoms with van der Waals surface area (Å²) < 4.78 is 19.4. The Kier molecular flexibility index (Phi) is 3.92. The molecule has 0 amide bonds. The Hall–Kier alpha value is -1.09. The highest BCUT2D eigenvalue weighted by Crippen LogP contribution is 2.31. The molecule has 90 valence electrons. The van der Waals surface area contributed by atoms with Gasteiger partial charge in [-0.05, 0) is 33.3 Å². The molecule has 0 aliphatic heterocycles. The van der Waals surface area contributed by atoms with Gasteiger partial charge in [-0.2, -0.15) is 0 Å². The van der Waals surface area contributed by atoms with Gasteiger partial charge in [0.25, 0.3) is 0 Å². The van der Waals surface area contributed by atoms with Gasteiger partial charge in [0, 0.05) is 11.6 Å². The lowest BCUT2D eigenvalue weighted by molar-refractivity contribution is 0.0976. The first-order valence-corrected chi connectivity index (χ1v) is 5.60. The first kappa shape index (κ1) is 13.0. The number of rotatable bonds is 4. The minimum atomic E-state index is -0.383. The summed E-state index contributed by atoms with van der Waals surface area (Å²) in [7, 11) is 0. The molecular weight excluding hydrogens is 205 g/mol. The van der Waals surface area contributed by atoms with E-state index in [1.807, 2.05) is 27.7 Å². The Balaban J connectivity index is 3.11. The van der Waals surface area contributed by atoms with Crippen LogP contribution < -0.4 is 10.5 Å². The van der Waals surface area contributed by atoms with Crippen molar-refractivity contribution >= 4 is 0 Å². The number of hydrogen-bond donors (Lipinski definition) is 1. The zero-order chi connectivity index (χ0) is 12.3. The summed E-state index contributed by atoms with van der Waals surface area (Å²) in [4.78, 5) is 0. The van der Waals surface area contributed by atoms with E-state index in [-0.39, 0.29) is 23.2 Å². The molecule has 1 atom stereocenters. The van der Waals surface area contributed by atoms with E-state index in [0.717, 1.165) is 6.42 Å². The zero-order valence-corrected chi connectivity index (χ0v) is 10.4. The van der Waals surface area contributed by atoms with Crippen LogP contribution in [-0.4, -0.2) is 5.60 Å². The van der Waals surface area contributed by atoms with E-state index in [1.54, 1.807) is 12.1 Å². The van der Waals surface area contributed by atoms with Crippen molar-refractivity contribution < 1.29 is 9.13 Å².